The van der Waals surface area contributed by atoms with E-state index >= 15 is 0 Å². The zero-order chi connectivity index (χ0) is 14.0. The van der Waals surface area contributed by atoms with Gasteiger partial charge in [0.2, 0.25) is 0 Å². The van der Waals surface area contributed by atoms with E-state index in [0.717, 1.165) is 17.2 Å². The lowest BCUT2D eigenvalue weighted by molar-refractivity contribution is 0.435. The molecule has 0 fully saturated rings. The van der Waals surface area contributed by atoms with Gasteiger partial charge in [-0.1, -0.05) is 35.9 Å². The van der Waals surface area contributed by atoms with Gasteiger partial charge in [0.15, 0.2) is 17.5 Å². The van der Waals surface area contributed by atoms with Crippen molar-refractivity contribution in [2.24, 2.45) is 5.73 Å². The second-order valence-electron chi connectivity index (χ2n) is 4.56. The number of nitrogens with two attached hydrogens (primary N) is 1. The zero-order valence-corrected chi connectivity index (χ0v) is 10.5. The van der Waals surface area contributed by atoms with Crippen molar-refractivity contribution in [3.63, 3.8) is 0 Å². The van der Waals surface area contributed by atoms with Crippen LogP contribution in [0.2, 0.25) is 0 Å². The molecule has 0 aliphatic carbocycles. The highest BCUT2D eigenvalue weighted by atomic mass is 19.2. The molecule has 1 unspecified atom stereocenters. The van der Waals surface area contributed by atoms with Crippen LogP contribution in [0.15, 0.2) is 36.4 Å². The van der Waals surface area contributed by atoms with E-state index in [4.69, 9.17) is 5.73 Å². The van der Waals surface area contributed by atoms with Crippen molar-refractivity contribution in [1.82, 2.24) is 0 Å². The van der Waals surface area contributed by atoms with Gasteiger partial charge in [0.25, 0.3) is 0 Å². The number of halogens is 3. The van der Waals surface area contributed by atoms with Gasteiger partial charge in [0.05, 0.1) is 0 Å². The van der Waals surface area contributed by atoms with Crippen LogP contribution in [0.4, 0.5) is 13.2 Å². The highest BCUT2D eigenvalue weighted by Crippen LogP contribution is 2.22. The first kappa shape index (κ1) is 13.6. The third-order valence-corrected chi connectivity index (χ3v) is 3.04. The molecule has 1 nitrogen and oxygen atoms in total. The van der Waals surface area contributed by atoms with Crippen LogP contribution in [0.1, 0.15) is 22.7 Å². The van der Waals surface area contributed by atoms with E-state index < -0.39 is 23.5 Å². The lowest BCUT2D eigenvalue weighted by atomic mass is 9.98. The quantitative estimate of drug-likeness (QED) is 0.842. The summed E-state index contributed by atoms with van der Waals surface area (Å²) in [5, 5.41) is 0. The Morgan fingerprint density at radius 3 is 2.21 bits per heavy atom. The molecule has 1 atom stereocenters. The second kappa shape index (κ2) is 5.45. The summed E-state index contributed by atoms with van der Waals surface area (Å²) in [5.41, 5.74) is 7.87. The van der Waals surface area contributed by atoms with Crippen LogP contribution in [0.5, 0.6) is 0 Å². The predicted molar refractivity (Wildman–Crippen MR) is 68.1 cm³/mol. The highest BCUT2D eigenvalue weighted by molar-refractivity contribution is 5.27. The first-order valence-corrected chi connectivity index (χ1v) is 5.93. The second-order valence-corrected chi connectivity index (χ2v) is 4.56. The van der Waals surface area contributed by atoms with E-state index in [1.807, 2.05) is 31.2 Å². The molecule has 2 aromatic rings. The zero-order valence-electron chi connectivity index (χ0n) is 10.5. The average molecular weight is 265 g/mol. The van der Waals surface area contributed by atoms with Crippen molar-refractivity contribution in [2.75, 3.05) is 0 Å². The Morgan fingerprint density at radius 2 is 1.58 bits per heavy atom. The van der Waals surface area contributed by atoms with Gasteiger partial charge in [-0.3, -0.25) is 0 Å². The summed E-state index contributed by atoms with van der Waals surface area (Å²) in [6, 6.07) is 8.97. The minimum atomic E-state index is -1.48. The van der Waals surface area contributed by atoms with Gasteiger partial charge in [-0.25, -0.2) is 13.2 Å². The van der Waals surface area contributed by atoms with Crippen molar-refractivity contribution >= 4 is 0 Å². The molecule has 100 valence electrons. The number of aryl methyl sites for hydroxylation is 1. The molecule has 19 heavy (non-hydrogen) atoms. The molecule has 0 heterocycles. The summed E-state index contributed by atoms with van der Waals surface area (Å²) < 4.78 is 39.6. The fraction of sp³-hybridized carbons (Fsp3) is 0.200. The van der Waals surface area contributed by atoms with Gasteiger partial charge in [-0.05, 0) is 25.0 Å². The molecule has 0 spiro atoms. The molecule has 0 saturated carbocycles. The minimum Gasteiger partial charge on any atom is -0.324 e. The van der Waals surface area contributed by atoms with Gasteiger partial charge in [-0.15, -0.1) is 0 Å². The largest absolute Gasteiger partial charge is 0.324 e. The van der Waals surface area contributed by atoms with Gasteiger partial charge >= 0.3 is 0 Å². The predicted octanol–water partition coefficient (Wildman–Crippen LogP) is 3.65. The maximum Gasteiger partial charge on any atom is 0.194 e. The molecular formula is C15H14F3N. The first-order valence-electron chi connectivity index (χ1n) is 5.93. The Bertz CT molecular complexity index is 579. The van der Waals surface area contributed by atoms with Crippen molar-refractivity contribution in [3.8, 4) is 0 Å². The fourth-order valence-electron chi connectivity index (χ4n) is 1.92. The molecule has 0 saturated heterocycles. The molecular weight excluding hydrogens is 251 g/mol. The van der Waals surface area contributed by atoms with Crippen LogP contribution >= 0.6 is 0 Å². The Morgan fingerprint density at radius 1 is 0.947 bits per heavy atom. The van der Waals surface area contributed by atoms with Crippen LogP contribution in [-0.4, -0.2) is 0 Å². The summed E-state index contributed by atoms with van der Waals surface area (Å²) in [4.78, 5) is 0. The van der Waals surface area contributed by atoms with E-state index in [1.54, 1.807) is 0 Å². The van der Waals surface area contributed by atoms with Crippen LogP contribution < -0.4 is 5.73 Å². The van der Waals surface area contributed by atoms with Crippen LogP contribution in [0.25, 0.3) is 0 Å². The lowest BCUT2D eigenvalue weighted by Gasteiger charge is -2.14. The van der Waals surface area contributed by atoms with Crippen molar-refractivity contribution in [1.29, 1.82) is 0 Å². The van der Waals surface area contributed by atoms with Gasteiger partial charge in [0, 0.05) is 11.6 Å². The SMILES string of the molecule is Cc1ccc(CC(N)c2ccc(F)c(F)c2F)cc1. The average Bonchev–Trinajstić information content (AvgIpc) is 2.39. The van der Waals surface area contributed by atoms with Gasteiger partial charge < -0.3 is 5.73 Å². The monoisotopic (exact) mass is 265 g/mol. The van der Waals surface area contributed by atoms with Crippen LogP contribution in [0, 0.1) is 24.4 Å². The van der Waals surface area contributed by atoms with Crippen molar-refractivity contribution in [2.45, 2.75) is 19.4 Å². The lowest BCUT2D eigenvalue weighted by Crippen LogP contribution is -2.16. The minimum absolute atomic E-state index is 0.0144. The van der Waals surface area contributed by atoms with E-state index in [1.165, 1.54) is 6.07 Å². The van der Waals surface area contributed by atoms with E-state index in [-0.39, 0.29) is 5.56 Å². The molecule has 2 aromatic carbocycles. The highest BCUT2D eigenvalue weighted by Gasteiger charge is 2.18. The Kier molecular flexibility index (Phi) is 3.90. The summed E-state index contributed by atoms with van der Waals surface area (Å²) >= 11 is 0. The number of hydrogen-bond donors (Lipinski definition) is 1. The molecule has 0 radical (unpaired) electrons. The molecule has 4 heteroatoms. The van der Waals surface area contributed by atoms with Crippen molar-refractivity contribution in [3.05, 3.63) is 70.5 Å². The first-order chi connectivity index (χ1) is 8.99. The van der Waals surface area contributed by atoms with Gasteiger partial charge in [0.1, 0.15) is 0 Å². The smallest absolute Gasteiger partial charge is 0.194 e. The Hall–Kier alpha value is -1.81. The third kappa shape index (κ3) is 2.96. The van der Waals surface area contributed by atoms with Gasteiger partial charge in [-0.2, -0.15) is 0 Å². The summed E-state index contributed by atoms with van der Waals surface area (Å²) in [6.07, 6.45) is 0.363. The maximum absolute atomic E-state index is 13.6. The number of rotatable bonds is 3. The maximum atomic E-state index is 13.6. The Labute approximate surface area is 109 Å². The third-order valence-electron chi connectivity index (χ3n) is 3.04. The topological polar surface area (TPSA) is 26.0 Å². The summed E-state index contributed by atoms with van der Waals surface area (Å²) in [6.45, 7) is 1.96. The normalized spacial score (nSPS) is 12.5. The molecule has 0 aliphatic rings. The molecule has 2 rings (SSSR count). The molecule has 0 bridgehead atoms. The summed E-state index contributed by atoms with van der Waals surface area (Å²) in [7, 11) is 0. The standard InChI is InChI=1S/C15H14F3N/c1-9-2-4-10(5-3-9)8-13(19)11-6-7-12(16)15(18)14(11)17/h2-7,13H,8,19H2,1H3. The molecule has 0 amide bonds. The molecule has 2 N–H and O–H groups in total. The molecule has 0 aromatic heterocycles. The van der Waals surface area contributed by atoms with E-state index in [2.05, 4.69) is 0 Å². The number of hydrogen-bond acceptors (Lipinski definition) is 1. The molecule has 0 aliphatic heterocycles. The number of benzene rings is 2. The van der Waals surface area contributed by atoms with E-state index in [0.29, 0.717) is 6.42 Å². The van der Waals surface area contributed by atoms with E-state index in [9.17, 15) is 13.2 Å². The fourth-order valence-corrected chi connectivity index (χ4v) is 1.92. The van der Waals surface area contributed by atoms with Crippen molar-refractivity contribution < 1.29 is 13.2 Å². The van der Waals surface area contributed by atoms with Crippen LogP contribution in [0.3, 0.4) is 0 Å². The summed E-state index contributed by atoms with van der Waals surface area (Å²) in [5.74, 6) is -3.89. The Balaban J connectivity index is 2.23. The van der Waals surface area contributed by atoms with Crippen LogP contribution in [-0.2, 0) is 6.42 Å².